The predicted molar refractivity (Wildman–Crippen MR) is 79.1 cm³/mol. The lowest BCUT2D eigenvalue weighted by molar-refractivity contribution is -0.147. The highest BCUT2D eigenvalue weighted by atomic mass is 16.5. The number of rotatable bonds is 5. The Morgan fingerprint density at radius 2 is 2.29 bits per heavy atom. The van der Waals surface area contributed by atoms with E-state index in [1.165, 1.54) is 7.11 Å². The Morgan fingerprint density at radius 3 is 3.00 bits per heavy atom. The van der Waals surface area contributed by atoms with Gasteiger partial charge in [-0.05, 0) is 37.1 Å². The first-order chi connectivity index (χ1) is 10.1. The monoisotopic (exact) mass is 293 g/mol. The molecular formula is C16H23NO4. The average Bonchev–Trinajstić information content (AvgIpc) is 2.54. The van der Waals surface area contributed by atoms with Crippen LogP contribution in [0.3, 0.4) is 0 Å². The van der Waals surface area contributed by atoms with E-state index in [1.54, 1.807) is 7.11 Å². The van der Waals surface area contributed by atoms with Crippen LogP contribution in [0, 0.1) is 5.92 Å². The summed E-state index contributed by atoms with van der Waals surface area (Å²) in [6, 6.07) is 7.44. The van der Waals surface area contributed by atoms with Gasteiger partial charge in [0, 0.05) is 13.1 Å². The van der Waals surface area contributed by atoms with Crippen LogP contribution in [0.25, 0.3) is 0 Å². The molecule has 0 aromatic heterocycles. The van der Waals surface area contributed by atoms with Crippen LogP contribution in [-0.4, -0.2) is 49.8 Å². The number of aliphatic hydroxyl groups excluding tert-OH is 1. The molecule has 116 valence electrons. The minimum absolute atomic E-state index is 0.0822. The van der Waals surface area contributed by atoms with Crippen molar-refractivity contribution in [2.24, 2.45) is 5.92 Å². The molecule has 0 aliphatic carbocycles. The number of hydrogen-bond donors (Lipinski definition) is 1. The number of piperidine rings is 1. The van der Waals surface area contributed by atoms with Gasteiger partial charge in [-0.25, -0.2) is 0 Å². The number of hydrogen-bond acceptors (Lipinski definition) is 5. The molecule has 1 aromatic carbocycles. The van der Waals surface area contributed by atoms with Crippen LogP contribution in [0.5, 0.6) is 5.75 Å². The highest BCUT2D eigenvalue weighted by Crippen LogP contribution is 2.23. The van der Waals surface area contributed by atoms with Crippen molar-refractivity contribution in [3.8, 4) is 5.75 Å². The zero-order valence-electron chi connectivity index (χ0n) is 12.6. The smallest absolute Gasteiger partial charge is 0.309 e. The van der Waals surface area contributed by atoms with Gasteiger partial charge < -0.3 is 14.6 Å². The molecule has 0 bridgehead atoms. The molecule has 5 heteroatoms. The number of β-amino-alcohol motifs (C(OH)–C–C–N with tert-alkyl or cyclic N) is 1. The van der Waals surface area contributed by atoms with Crippen molar-refractivity contribution in [2.45, 2.75) is 18.9 Å². The first-order valence-electron chi connectivity index (χ1n) is 7.26. The molecule has 1 N–H and O–H groups in total. The molecule has 2 atom stereocenters. The number of methoxy groups -OCH3 is 2. The first kappa shape index (κ1) is 15.8. The van der Waals surface area contributed by atoms with Crippen LogP contribution in [0.2, 0.25) is 0 Å². The molecule has 2 rings (SSSR count). The Bertz CT molecular complexity index is 477. The van der Waals surface area contributed by atoms with E-state index in [4.69, 9.17) is 9.47 Å². The quantitative estimate of drug-likeness (QED) is 0.836. The van der Waals surface area contributed by atoms with Gasteiger partial charge in [-0.3, -0.25) is 9.69 Å². The molecule has 5 nitrogen and oxygen atoms in total. The maximum Gasteiger partial charge on any atom is 0.309 e. The third-order valence-corrected chi connectivity index (χ3v) is 3.95. The molecule has 1 fully saturated rings. The van der Waals surface area contributed by atoms with E-state index in [9.17, 15) is 9.90 Å². The van der Waals surface area contributed by atoms with E-state index >= 15 is 0 Å². The summed E-state index contributed by atoms with van der Waals surface area (Å²) in [4.78, 5) is 13.7. The van der Waals surface area contributed by atoms with E-state index in [0.29, 0.717) is 13.1 Å². The largest absolute Gasteiger partial charge is 0.497 e. The van der Waals surface area contributed by atoms with Gasteiger partial charge in [0.2, 0.25) is 0 Å². The fraction of sp³-hybridized carbons (Fsp3) is 0.562. The lowest BCUT2D eigenvalue weighted by Gasteiger charge is -2.32. The number of likely N-dealkylation sites (tertiary alicyclic amines) is 1. The summed E-state index contributed by atoms with van der Waals surface area (Å²) in [5, 5.41) is 10.4. The molecular weight excluding hydrogens is 270 g/mol. The number of nitrogens with zero attached hydrogens (tertiary/aromatic N) is 1. The lowest BCUT2D eigenvalue weighted by atomic mass is 9.97. The molecule has 0 radical (unpaired) electrons. The summed E-state index contributed by atoms with van der Waals surface area (Å²) in [5.41, 5.74) is 0.828. The van der Waals surface area contributed by atoms with Crippen molar-refractivity contribution in [3.63, 3.8) is 0 Å². The Hall–Kier alpha value is -1.59. The molecule has 21 heavy (non-hydrogen) atoms. The molecule has 1 saturated heterocycles. The van der Waals surface area contributed by atoms with Gasteiger partial charge >= 0.3 is 5.97 Å². The van der Waals surface area contributed by atoms with Gasteiger partial charge in [-0.2, -0.15) is 0 Å². The third-order valence-electron chi connectivity index (χ3n) is 3.95. The number of aliphatic hydroxyl groups is 1. The summed E-state index contributed by atoms with van der Waals surface area (Å²) in [6.45, 7) is 2.06. The van der Waals surface area contributed by atoms with Crippen molar-refractivity contribution < 1.29 is 19.4 Å². The molecule has 0 amide bonds. The molecule has 1 aromatic rings. The summed E-state index contributed by atoms with van der Waals surface area (Å²) >= 11 is 0. The minimum Gasteiger partial charge on any atom is -0.497 e. The van der Waals surface area contributed by atoms with Gasteiger partial charge in [0.15, 0.2) is 0 Å². The fourth-order valence-electron chi connectivity index (χ4n) is 2.78. The van der Waals surface area contributed by atoms with Gasteiger partial charge in [0.1, 0.15) is 5.75 Å². The molecule has 0 saturated carbocycles. The molecule has 1 unspecified atom stereocenters. The maximum atomic E-state index is 11.6. The SMILES string of the molecule is COC(=O)[C@H]1CCCN(CC(O)c2cccc(OC)c2)C1. The molecule has 1 heterocycles. The number of carbonyl (C=O) groups is 1. The van der Waals surface area contributed by atoms with Gasteiger partial charge in [0.25, 0.3) is 0 Å². The molecule has 1 aliphatic rings. The highest BCUT2D eigenvalue weighted by Gasteiger charge is 2.27. The van der Waals surface area contributed by atoms with Gasteiger partial charge in [-0.15, -0.1) is 0 Å². The average molecular weight is 293 g/mol. The molecule has 1 aliphatic heterocycles. The first-order valence-corrected chi connectivity index (χ1v) is 7.26. The highest BCUT2D eigenvalue weighted by molar-refractivity contribution is 5.72. The Labute approximate surface area is 125 Å². The summed E-state index contributed by atoms with van der Waals surface area (Å²) < 4.78 is 9.99. The van der Waals surface area contributed by atoms with Gasteiger partial charge in [-0.1, -0.05) is 12.1 Å². The topological polar surface area (TPSA) is 59.0 Å². The van der Waals surface area contributed by atoms with Crippen LogP contribution in [-0.2, 0) is 9.53 Å². The van der Waals surface area contributed by atoms with E-state index < -0.39 is 6.10 Å². The van der Waals surface area contributed by atoms with Crippen molar-refractivity contribution in [2.75, 3.05) is 33.9 Å². The summed E-state index contributed by atoms with van der Waals surface area (Å²) in [7, 11) is 3.03. The minimum atomic E-state index is -0.587. The number of ether oxygens (including phenoxy) is 2. The van der Waals surface area contributed by atoms with E-state index in [1.807, 2.05) is 24.3 Å². The number of carbonyl (C=O) groups excluding carboxylic acids is 1. The van der Waals surface area contributed by atoms with E-state index in [0.717, 1.165) is 30.7 Å². The van der Waals surface area contributed by atoms with Crippen molar-refractivity contribution in [3.05, 3.63) is 29.8 Å². The summed E-state index contributed by atoms with van der Waals surface area (Å²) in [6.07, 6.45) is 1.22. The lowest BCUT2D eigenvalue weighted by Crippen LogP contribution is -2.41. The second-order valence-electron chi connectivity index (χ2n) is 5.41. The second kappa shape index (κ2) is 7.43. The van der Waals surface area contributed by atoms with Crippen LogP contribution in [0.4, 0.5) is 0 Å². The summed E-state index contributed by atoms with van der Waals surface area (Å²) in [5.74, 6) is 0.495. The second-order valence-corrected chi connectivity index (χ2v) is 5.41. The standard InChI is InChI=1S/C16H23NO4/c1-20-14-7-3-5-12(9-14)15(18)11-17-8-4-6-13(10-17)16(19)21-2/h3,5,7,9,13,15,18H,4,6,8,10-11H2,1-2H3/t13-,15?/m0/s1. The van der Waals surface area contributed by atoms with Crippen molar-refractivity contribution in [1.29, 1.82) is 0 Å². The van der Waals surface area contributed by atoms with Crippen LogP contribution in [0.1, 0.15) is 24.5 Å². The Morgan fingerprint density at radius 1 is 1.48 bits per heavy atom. The Balaban J connectivity index is 1.95. The van der Waals surface area contributed by atoms with E-state index in [2.05, 4.69) is 4.90 Å². The van der Waals surface area contributed by atoms with Crippen LogP contribution >= 0.6 is 0 Å². The van der Waals surface area contributed by atoms with Crippen molar-refractivity contribution in [1.82, 2.24) is 4.90 Å². The van der Waals surface area contributed by atoms with E-state index in [-0.39, 0.29) is 11.9 Å². The van der Waals surface area contributed by atoms with Crippen molar-refractivity contribution >= 4 is 5.97 Å². The zero-order chi connectivity index (χ0) is 15.2. The zero-order valence-corrected chi connectivity index (χ0v) is 12.6. The number of benzene rings is 1. The maximum absolute atomic E-state index is 11.6. The fourth-order valence-corrected chi connectivity index (χ4v) is 2.78. The third kappa shape index (κ3) is 4.19. The van der Waals surface area contributed by atoms with Crippen LogP contribution in [0.15, 0.2) is 24.3 Å². The normalized spacial score (nSPS) is 20.8. The van der Waals surface area contributed by atoms with Crippen LogP contribution < -0.4 is 4.74 Å². The van der Waals surface area contributed by atoms with Gasteiger partial charge in [0.05, 0.1) is 26.2 Å². The Kier molecular flexibility index (Phi) is 5.59. The predicted octanol–water partition coefficient (Wildman–Crippen LogP) is 1.61. The number of esters is 1. The molecule has 0 spiro atoms.